The molecule has 1 unspecified atom stereocenters. The fraction of sp³-hybridized carbons (Fsp3) is 0.700. The molecule has 0 radical (unpaired) electrons. The average molecular weight is 227 g/mol. The number of nitrogens with zero attached hydrogens (tertiary/aromatic N) is 1. The van der Waals surface area contributed by atoms with E-state index in [1.54, 1.807) is 6.92 Å². The summed E-state index contributed by atoms with van der Waals surface area (Å²) in [7, 11) is 0. The molecule has 1 rings (SSSR count). The molecule has 90 valence electrons. The van der Waals surface area contributed by atoms with Crippen LogP contribution in [0.3, 0.4) is 0 Å². The van der Waals surface area contributed by atoms with Crippen molar-refractivity contribution >= 4 is 17.7 Å². The van der Waals surface area contributed by atoms with Gasteiger partial charge in [0.25, 0.3) is 0 Å². The molecule has 3 amide bonds. The van der Waals surface area contributed by atoms with E-state index in [0.29, 0.717) is 13.0 Å². The number of piperazine rings is 1. The lowest BCUT2D eigenvalue weighted by atomic mass is 10.1. The molecule has 6 heteroatoms. The second kappa shape index (κ2) is 5.60. The Morgan fingerprint density at radius 2 is 2.19 bits per heavy atom. The first-order valence-corrected chi connectivity index (χ1v) is 5.44. The van der Waals surface area contributed by atoms with Crippen LogP contribution in [0.4, 0.5) is 0 Å². The van der Waals surface area contributed by atoms with Gasteiger partial charge in [-0.15, -0.1) is 0 Å². The van der Waals surface area contributed by atoms with Crippen molar-refractivity contribution in [2.24, 2.45) is 0 Å². The second-order valence-electron chi connectivity index (χ2n) is 3.61. The van der Waals surface area contributed by atoms with E-state index in [-0.39, 0.29) is 36.9 Å². The number of hydrogen-bond donors (Lipinski definition) is 2. The maximum Gasteiger partial charge on any atom is 0.246 e. The van der Waals surface area contributed by atoms with Gasteiger partial charge in [0.15, 0.2) is 0 Å². The van der Waals surface area contributed by atoms with Gasteiger partial charge in [-0.3, -0.25) is 24.6 Å². The Labute approximate surface area is 94.4 Å². The van der Waals surface area contributed by atoms with Crippen molar-refractivity contribution in [3.8, 4) is 0 Å². The SMILES string of the molecule is CCNC(=O)CN1C(=O)CNC(CC)C1=O. The lowest BCUT2D eigenvalue weighted by Crippen LogP contribution is -2.59. The number of imide groups is 1. The summed E-state index contributed by atoms with van der Waals surface area (Å²) in [5, 5.41) is 5.39. The molecule has 1 aliphatic heterocycles. The number of carbonyl (C=O) groups excluding carboxylic acids is 3. The maximum atomic E-state index is 11.8. The maximum absolute atomic E-state index is 11.8. The van der Waals surface area contributed by atoms with Gasteiger partial charge in [-0.2, -0.15) is 0 Å². The van der Waals surface area contributed by atoms with Crippen molar-refractivity contribution in [2.75, 3.05) is 19.6 Å². The summed E-state index contributed by atoms with van der Waals surface area (Å²) in [5.41, 5.74) is 0. The molecule has 0 saturated carbocycles. The lowest BCUT2D eigenvalue weighted by Gasteiger charge is -2.30. The number of rotatable bonds is 4. The number of amides is 3. The Balaban J connectivity index is 2.64. The van der Waals surface area contributed by atoms with E-state index in [0.717, 1.165) is 4.90 Å². The fourth-order valence-electron chi connectivity index (χ4n) is 1.59. The van der Waals surface area contributed by atoms with Gasteiger partial charge in [0, 0.05) is 6.54 Å². The molecule has 1 fully saturated rings. The molecule has 1 atom stereocenters. The quantitative estimate of drug-likeness (QED) is 0.595. The molecule has 0 aliphatic carbocycles. The van der Waals surface area contributed by atoms with E-state index in [1.165, 1.54) is 0 Å². The van der Waals surface area contributed by atoms with Crippen LogP contribution < -0.4 is 10.6 Å². The van der Waals surface area contributed by atoms with Crippen LogP contribution in [0.2, 0.25) is 0 Å². The first-order valence-electron chi connectivity index (χ1n) is 5.44. The number of carbonyl (C=O) groups is 3. The summed E-state index contributed by atoms with van der Waals surface area (Å²) in [5.74, 6) is -0.966. The summed E-state index contributed by atoms with van der Waals surface area (Å²) in [6.45, 7) is 4.07. The van der Waals surface area contributed by atoms with Crippen LogP contribution in [0.25, 0.3) is 0 Å². The van der Waals surface area contributed by atoms with Crippen LogP contribution in [0, 0.1) is 0 Å². The van der Waals surface area contributed by atoms with Gasteiger partial charge >= 0.3 is 0 Å². The minimum absolute atomic E-state index is 0.115. The third-order valence-electron chi connectivity index (χ3n) is 2.45. The highest BCUT2D eigenvalue weighted by atomic mass is 16.2. The zero-order chi connectivity index (χ0) is 12.1. The van der Waals surface area contributed by atoms with E-state index in [1.807, 2.05) is 6.92 Å². The van der Waals surface area contributed by atoms with Crippen molar-refractivity contribution < 1.29 is 14.4 Å². The molecule has 1 saturated heterocycles. The third kappa shape index (κ3) is 2.79. The first-order chi connectivity index (χ1) is 7.60. The number of hydrogen-bond acceptors (Lipinski definition) is 4. The normalized spacial score (nSPS) is 21.1. The monoisotopic (exact) mass is 227 g/mol. The van der Waals surface area contributed by atoms with Crippen LogP contribution in [-0.4, -0.2) is 48.3 Å². The largest absolute Gasteiger partial charge is 0.355 e. The molecule has 16 heavy (non-hydrogen) atoms. The standard InChI is InChI=1S/C10H17N3O3/c1-3-7-10(16)13(9(15)5-12-7)6-8(14)11-4-2/h7,12H,3-6H2,1-2H3,(H,11,14). The summed E-state index contributed by atoms with van der Waals surface area (Å²) < 4.78 is 0. The van der Waals surface area contributed by atoms with Crippen LogP contribution in [0.1, 0.15) is 20.3 Å². The smallest absolute Gasteiger partial charge is 0.246 e. The highest BCUT2D eigenvalue weighted by molar-refractivity contribution is 6.03. The Hall–Kier alpha value is -1.43. The van der Waals surface area contributed by atoms with Crippen molar-refractivity contribution in [3.63, 3.8) is 0 Å². The molecule has 0 aromatic carbocycles. The van der Waals surface area contributed by atoms with E-state index >= 15 is 0 Å². The predicted molar refractivity (Wildman–Crippen MR) is 57.5 cm³/mol. The summed E-state index contributed by atoms with van der Waals surface area (Å²) in [6.07, 6.45) is 0.609. The Bertz CT molecular complexity index is 304. The summed E-state index contributed by atoms with van der Waals surface area (Å²) in [6, 6.07) is -0.355. The van der Waals surface area contributed by atoms with E-state index in [4.69, 9.17) is 0 Å². The van der Waals surface area contributed by atoms with Crippen molar-refractivity contribution in [1.29, 1.82) is 0 Å². The Kier molecular flexibility index (Phi) is 4.42. The van der Waals surface area contributed by atoms with Gasteiger partial charge < -0.3 is 5.32 Å². The van der Waals surface area contributed by atoms with Gasteiger partial charge in [-0.25, -0.2) is 0 Å². The van der Waals surface area contributed by atoms with Crippen LogP contribution in [0.15, 0.2) is 0 Å². The summed E-state index contributed by atoms with van der Waals surface area (Å²) >= 11 is 0. The van der Waals surface area contributed by atoms with Crippen LogP contribution in [0.5, 0.6) is 0 Å². The molecule has 0 aromatic rings. The highest BCUT2D eigenvalue weighted by Crippen LogP contribution is 2.05. The molecule has 1 heterocycles. The molecule has 6 nitrogen and oxygen atoms in total. The van der Waals surface area contributed by atoms with Crippen molar-refractivity contribution in [2.45, 2.75) is 26.3 Å². The van der Waals surface area contributed by atoms with E-state index in [9.17, 15) is 14.4 Å². The van der Waals surface area contributed by atoms with E-state index in [2.05, 4.69) is 10.6 Å². The zero-order valence-corrected chi connectivity index (χ0v) is 9.58. The van der Waals surface area contributed by atoms with Crippen molar-refractivity contribution in [1.82, 2.24) is 15.5 Å². The van der Waals surface area contributed by atoms with Gasteiger partial charge in [-0.05, 0) is 13.3 Å². The summed E-state index contributed by atoms with van der Waals surface area (Å²) in [4.78, 5) is 35.6. The second-order valence-corrected chi connectivity index (χ2v) is 3.61. The molecule has 0 spiro atoms. The van der Waals surface area contributed by atoms with Gasteiger partial charge in [0.05, 0.1) is 12.6 Å². The predicted octanol–water partition coefficient (Wildman–Crippen LogP) is -1.14. The molecule has 0 aromatic heterocycles. The van der Waals surface area contributed by atoms with E-state index < -0.39 is 0 Å². The fourth-order valence-corrected chi connectivity index (χ4v) is 1.59. The van der Waals surface area contributed by atoms with Gasteiger partial charge in [-0.1, -0.05) is 6.92 Å². The first kappa shape index (κ1) is 12.6. The highest BCUT2D eigenvalue weighted by Gasteiger charge is 2.33. The molecular weight excluding hydrogens is 210 g/mol. The Morgan fingerprint density at radius 3 is 2.75 bits per heavy atom. The zero-order valence-electron chi connectivity index (χ0n) is 9.58. The van der Waals surface area contributed by atoms with Crippen LogP contribution >= 0.6 is 0 Å². The third-order valence-corrected chi connectivity index (χ3v) is 2.45. The number of likely N-dealkylation sites (N-methyl/N-ethyl adjacent to an activating group) is 1. The molecule has 2 N–H and O–H groups in total. The number of nitrogens with one attached hydrogen (secondary N) is 2. The molecular formula is C10H17N3O3. The Morgan fingerprint density at radius 1 is 1.50 bits per heavy atom. The average Bonchev–Trinajstić information content (AvgIpc) is 2.25. The van der Waals surface area contributed by atoms with Crippen LogP contribution in [-0.2, 0) is 14.4 Å². The lowest BCUT2D eigenvalue weighted by molar-refractivity contribution is -0.151. The topological polar surface area (TPSA) is 78.5 Å². The van der Waals surface area contributed by atoms with Gasteiger partial charge in [0.2, 0.25) is 17.7 Å². The van der Waals surface area contributed by atoms with Crippen molar-refractivity contribution in [3.05, 3.63) is 0 Å². The van der Waals surface area contributed by atoms with Gasteiger partial charge in [0.1, 0.15) is 6.54 Å². The molecule has 0 bridgehead atoms. The molecule has 1 aliphatic rings. The minimum atomic E-state index is -0.355. The minimum Gasteiger partial charge on any atom is -0.355 e.